The fraction of sp³-hybridized carbons (Fsp3) is 0.0909. The van der Waals surface area contributed by atoms with Crippen molar-refractivity contribution in [3.8, 4) is 0 Å². The quantitative estimate of drug-likeness (QED) is 0.769. The third-order valence-electron chi connectivity index (χ3n) is 2.25. The molecule has 0 spiro atoms. The van der Waals surface area contributed by atoms with Crippen molar-refractivity contribution in [2.75, 3.05) is 6.54 Å². The number of carbonyl (C=O) groups excluding carboxylic acids is 2. The molecule has 0 radical (unpaired) electrons. The normalized spacial score (nSPS) is 13.6. The van der Waals surface area contributed by atoms with Crippen LogP contribution in [0.15, 0.2) is 35.9 Å². The van der Waals surface area contributed by atoms with E-state index in [4.69, 9.17) is 10.4 Å². The number of Topliss-reactive ketones (excluding diaryl/α,β-unsaturated/α-hetero) is 1. The van der Waals surface area contributed by atoms with E-state index in [1.54, 1.807) is 24.3 Å². The predicted molar refractivity (Wildman–Crippen MR) is 60.3 cm³/mol. The van der Waals surface area contributed by atoms with Gasteiger partial charge in [-0.25, -0.2) is 0 Å². The van der Waals surface area contributed by atoms with Crippen LogP contribution in [0.3, 0.4) is 0 Å². The van der Waals surface area contributed by atoms with Gasteiger partial charge in [0.2, 0.25) is 0 Å². The van der Waals surface area contributed by atoms with Crippen LogP contribution < -0.4 is 5.73 Å². The molecule has 0 aliphatic heterocycles. The number of hydrogen-bond acceptors (Lipinski definition) is 4. The summed E-state index contributed by atoms with van der Waals surface area (Å²) in [5.74, 6) is -0.275. The van der Waals surface area contributed by atoms with Gasteiger partial charge in [-0.2, -0.15) is 0 Å². The lowest BCUT2D eigenvalue weighted by Crippen LogP contribution is -2.21. The molecular formula is C11H10ClNO3. The third-order valence-corrected chi connectivity index (χ3v) is 2.25. The Balaban J connectivity index is 0.000000606. The van der Waals surface area contributed by atoms with Crippen molar-refractivity contribution >= 4 is 23.4 Å². The Morgan fingerprint density at radius 3 is 2.25 bits per heavy atom. The SMILES string of the molecule is NCC1=CC(=O)c2ccccc2C1=O.OCl. The first-order valence-corrected chi connectivity index (χ1v) is 4.83. The molecule has 1 aliphatic carbocycles. The van der Waals surface area contributed by atoms with Crippen molar-refractivity contribution in [3.63, 3.8) is 0 Å². The van der Waals surface area contributed by atoms with E-state index in [2.05, 4.69) is 11.9 Å². The fourth-order valence-electron chi connectivity index (χ4n) is 1.52. The lowest BCUT2D eigenvalue weighted by molar-refractivity contribution is 0.0983. The first kappa shape index (κ1) is 12.6. The van der Waals surface area contributed by atoms with Crippen molar-refractivity contribution in [1.82, 2.24) is 0 Å². The number of allylic oxidation sites excluding steroid dienone is 1. The lowest BCUT2D eigenvalue weighted by Gasteiger charge is -2.12. The van der Waals surface area contributed by atoms with Crippen LogP contribution in [0.4, 0.5) is 0 Å². The van der Waals surface area contributed by atoms with Crippen LogP contribution in [0.25, 0.3) is 0 Å². The summed E-state index contributed by atoms with van der Waals surface area (Å²) >= 11 is 3.64. The van der Waals surface area contributed by atoms with E-state index < -0.39 is 0 Å². The minimum Gasteiger partial charge on any atom is -0.326 e. The van der Waals surface area contributed by atoms with Gasteiger partial charge < -0.3 is 5.73 Å². The topological polar surface area (TPSA) is 80.4 Å². The Kier molecular flexibility index (Phi) is 4.37. The second-order valence-electron chi connectivity index (χ2n) is 3.11. The number of benzene rings is 1. The molecule has 1 aromatic rings. The number of nitrogens with two attached hydrogens (primary N) is 1. The summed E-state index contributed by atoms with van der Waals surface area (Å²) in [5.41, 5.74) is 6.68. The van der Waals surface area contributed by atoms with Crippen molar-refractivity contribution in [3.05, 3.63) is 47.0 Å². The van der Waals surface area contributed by atoms with Crippen molar-refractivity contribution in [1.29, 1.82) is 0 Å². The van der Waals surface area contributed by atoms with Crippen molar-refractivity contribution < 1.29 is 14.2 Å². The van der Waals surface area contributed by atoms with Gasteiger partial charge in [0.05, 0.1) is 11.9 Å². The molecule has 0 bridgehead atoms. The number of halogens is 1. The van der Waals surface area contributed by atoms with Crippen molar-refractivity contribution in [2.45, 2.75) is 0 Å². The molecule has 1 aromatic carbocycles. The minimum absolute atomic E-state index is 0.110. The molecule has 0 unspecified atom stereocenters. The van der Waals surface area contributed by atoms with Gasteiger partial charge in [-0.3, -0.25) is 14.2 Å². The van der Waals surface area contributed by atoms with Gasteiger partial charge in [0, 0.05) is 23.2 Å². The fourth-order valence-corrected chi connectivity index (χ4v) is 1.52. The van der Waals surface area contributed by atoms with Crippen LogP contribution in [0.5, 0.6) is 0 Å². The molecule has 0 aromatic heterocycles. The van der Waals surface area contributed by atoms with Gasteiger partial charge in [0.25, 0.3) is 0 Å². The first-order chi connectivity index (χ1) is 7.74. The molecule has 0 atom stereocenters. The molecule has 0 saturated heterocycles. The number of carbonyl (C=O) groups is 2. The van der Waals surface area contributed by atoms with Crippen LogP contribution in [0.2, 0.25) is 0 Å². The summed E-state index contributed by atoms with van der Waals surface area (Å²) < 4.78 is 6.47. The molecule has 0 fully saturated rings. The van der Waals surface area contributed by atoms with Crippen LogP contribution in [-0.4, -0.2) is 22.8 Å². The summed E-state index contributed by atoms with van der Waals surface area (Å²) in [5, 5.41) is 0. The van der Waals surface area contributed by atoms with Crippen LogP contribution >= 0.6 is 11.9 Å². The summed E-state index contributed by atoms with van der Waals surface area (Å²) in [6.45, 7) is 0.110. The van der Waals surface area contributed by atoms with E-state index in [9.17, 15) is 9.59 Å². The zero-order chi connectivity index (χ0) is 12.1. The molecule has 16 heavy (non-hydrogen) atoms. The molecule has 3 N–H and O–H groups in total. The Hall–Kier alpha value is -1.49. The molecule has 4 nitrogen and oxygen atoms in total. The van der Waals surface area contributed by atoms with Gasteiger partial charge in [0.1, 0.15) is 0 Å². The van der Waals surface area contributed by atoms with E-state index in [0.717, 1.165) is 0 Å². The second kappa shape index (κ2) is 5.55. The average Bonchev–Trinajstić information content (AvgIpc) is 2.36. The number of ketones is 2. The largest absolute Gasteiger partial charge is 0.326 e. The van der Waals surface area contributed by atoms with Gasteiger partial charge in [-0.1, -0.05) is 24.3 Å². The monoisotopic (exact) mass is 239 g/mol. The van der Waals surface area contributed by atoms with Gasteiger partial charge in [0.15, 0.2) is 11.6 Å². The molecule has 1 aliphatic rings. The maximum Gasteiger partial charge on any atom is 0.191 e. The average molecular weight is 240 g/mol. The van der Waals surface area contributed by atoms with Crippen LogP contribution in [0, 0.1) is 0 Å². The first-order valence-electron chi connectivity index (χ1n) is 4.49. The molecule has 2 rings (SSSR count). The van der Waals surface area contributed by atoms with Gasteiger partial charge in [-0.05, 0) is 6.08 Å². The highest BCUT2D eigenvalue weighted by molar-refractivity contribution is 6.24. The smallest absolute Gasteiger partial charge is 0.191 e. The van der Waals surface area contributed by atoms with E-state index in [1.165, 1.54) is 6.08 Å². The highest BCUT2D eigenvalue weighted by Crippen LogP contribution is 2.19. The number of rotatable bonds is 1. The zero-order valence-corrected chi connectivity index (χ0v) is 9.07. The molecule has 84 valence electrons. The summed E-state index contributed by atoms with van der Waals surface area (Å²) in [6, 6.07) is 6.78. The van der Waals surface area contributed by atoms with E-state index >= 15 is 0 Å². The predicted octanol–water partition coefficient (Wildman–Crippen LogP) is 1.08. The van der Waals surface area contributed by atoms with Crippen LogP contribution in [0.1, 0.15) is 20.7 Å². The summed E-state index contributed by atoms with van der Waals surface area (Å²) in [7, 11) is 0. The highest BCUT2D eigenvalue weighted by atomic mass is 35.5. The van der Waals surface area contributed by atoms with Crippen molar-refractivity contribution in [2.24, 2.45) is 5.73 Å². The Labute approximate surface area is 97.5 Å². The number of fused-ring (bicyclic) bond motifs is 1. The molecular weight excluding hydrogens is 230 g/mol. The van der Waals surface area contributed by atoms with E-state index in [1.807, 2.05) is 0 Å². The molecule has 0 saturated carbocycles. The third kappa shape index (κ3) is 2.19. The van der Waals surface area contributed by atoms with E-state index in [-0.39, 0.29) is 18.1 Å². The summed E-state index contributed by atoms with van der Waals surface area (Å²) in [6.07, 6.45) is 1.32. The highest BCUT2D eigenvalue weighted by Gasteiger charge is 2.23. The lowest BCUT2D eigenvalue weighted by atomic mass is 9.90. The van der Waals surface area contributed by atoms with Gasteiger partial charge >= 0.3 is 0 Å². The Bertz CT molecular complexity index is 454. The molecule has 0 heterocycles. The molecule has 0 amide bonds. The second-order valence-corrected chi connectivity index (χ2v) is 3.11. The van der Waals surface area contributed by atoms with E-state index in [0.29, 0.717) is 16.7 Å². The maximum atomic E-state index is 11.7. The minimum atomic E-state index is -0.138. The summed E-state index contributed by atoms with van der Waals surface area (Å²) in [4.78, 5) is 23.2. The number of hydrogen-bond donors (Lipinski definition) is 2. The standard InChI is InChI=1S/C11H9NO2.ClHO/c12-6-7-5-10(13)8-3-1-2-4-9(8)11(7)14;1-2/h1-5H,6,12H2;2H. The maximum absolute atomic E-state index is 11.7. The zero-order valence-electron chi connectivity index (χ0n) is 8.31. The Morgan fingerprint density at radius 2 is 1.69 bits per heavy atom. The van der Waals surface area contributed by atoms with Gasteiger partial charge in [-0.15, -0.1) is 0 Å². The van der Waals surface area contributed by atoms with Crippen LogP contribution in [-0.2, 0) is 0 Å². The Morgan fingerprint density at radius 1 is 1.12 bits per heavy atom. The molecule has 5 heteroatoms.